The van der Waals surface area contributed by atoms with Crippen molar-refractivity contribution in [3.8, 4) is 0 Å². The SMILES string of the molecule is CCCCCCC1(C)SC(=O)C=C1O. The molecule has 0 aromatic heterocycles. The Bertz CT molecular complexity index is 248. The zero-order valence-corrected chi connectivity index (χ0v) is 9.69. The monoisotopic (exact) mass is 214 g/mol. The zero-order valence-electron chi connectivity index (χ0n) is 8.88. The van der Waals surface area contributed by atoms with Gasteiger partial charge in [-0.05, 0) is 13.3 Å². The van der Waals surface area contributed by atoms with Gasteiger partial charge < -0.3 is 5.11 Å². The van der Waals surface area contributed by atoms with Crippen molar-refractivity contribution in [2.75, 3.05) is 0 Å². The maximum atomic E-state index is 11.1. The highest BCUT2D eigenvalue weighted by Crippen LogP contribution is 2.42. The molecule has 80 valence electrons. The average Bonchev–Trinajstić information content (AvgIpc) is 2.36. The Morgan fingerprint density at radius 3 is 2.64 bits per heavy atom. The Balaban J connectivity index is 2.36. The fourth-order valence-corrected chi connectivity index (χ4v) is 2.66. The van der Waals surface area contributed by atoms with Crippen molar-refractivity contribution in [3.63, 3.8) is 0 Å². The molecule has 0 aromatic carbocycles. The molecular formula is C11H18O2S. The third-order valence-electron chi connectivity index (χ3n) is 2.63. The summed E-state index contributed by atoms with van der Waals surface area (Å²) in [6.45, 7) is 4.12. The molecule has 1 atom stereocenters. The quantitative estimate of drug-likeness (QED) is 0.712. The summed E-state index contributed by atoms with van der Waals surface area (Å²) < 4.78 is -0.342. The van der Waals surface area contributed by atoms with Gasteiger partial charge in [0.15, 0.2) is 0 Å². The molecule has 1 aliphatic rings. The smallest absolute Gasteiger partial charge is 0.216 e. The van der Waals surface area contributed by atoms with Gasteiger partial charge in [0.1, 0.15) is 5.76 Å². The molecule has 3 heteroatoms. The summed E-state index contributed by atoms with van der Waals surface area (Å²) in [5.41, 5.74) is 0. The van der Waals surface area contributed by atoms with Crippen LogP contribution in [0.1, 0.15) is 46.0 Å². The van der Waals surface area contributed by atoms with E-state index < -0.39 is 0 Å². The normalized spacial score (nSPS) is 26.7. The van der Waals surface area contributed by atoms with Gasteiger partial charge in [-0.3, -0.25) is 4.79 Å². The lowest BCUT2D eigenvalue weighted by molar-refractivity contribution is -0.106. The van der Waals surface area contributed by atoms with Crippen LogP contribution in [0, 0.1) is 0 Å². The van der Waals surface area contributed by atoms with Crippen LogP contribution in [-0.4, -0.2) is 15.0 Å². The van der Waals surface area contributed by atoms with Gasteiger partial charge in [0.05, 0.1) is 4.75 Å². The van der Waals surface area contributed by atoms with Crippen LogP contribution in [-0.2, 0) is 4.79 Å². The summed E-state index contributed by atoms with van der Waals surface area (Å²) >= 11 is 1.25. The van der Waals surface area contributed by atoms with E-state index in [1.165, 1.54) is 37.1 Å². The van der Waals surface area contributed by atoms with Crippen molar-refractivity contribution >= 4 is 16.9 Å². The van der Waals surface area contributed by atoms with Gasteiger partial charge in [0.2, 0.25) is 5.12 Å². The first-order chi connectivity index (χ1) is 6.58. The minimum absolute atomic E-state index is 0.0134. The van der Waals surface area contributed by atoms with Crippen LogP contribution in [0.5, 0.6) is 0 Å². The van der Waals surface area contributed by atoms with E-state index in [1.807, 2.05) is 6.92 Å². The lowest BCUT2D eigenvalue weighted by Crippen LogP contribution is -2.20. The highest BCUT2D eigenvalue weighted by Gasteiger charge is 2.37. The van der Waals surface area contributed by atoms with Gasteiger partial charge in [-0.25, -0.2) is 0 Å². The van der Waals surface area contributed by atoms with Gasteiger partial charge in [-0.2, -0.15) is 0 Å². The van der Waals surface area contributed by atoms with E-state index in [9.17, 15) is 9.90 Å². The van der Waals surface area contributed by atoms with Crippen LogP contribution in [0.15, 0.2) is 11.8 Å². The van der Waals surface area contributed by atoms with E-state index in [-0.39, 0.29) is 15.6 Å². The first kappa shape index (κ1) is 11.6. The fourth-order valence-electron chi connectivity index (χ4n) is 1.64. The van der Waals surface area contributed by atoms with Crippen LogP contribution < -0.4 is 0 Å². The topological polar surface area (TPSA) is 37.3 Å². The molecule has 0 amide bonds. The lowest BCUT2D eigenvalue weighted by atomic mass is 10.00. The Labute approximate surface area is 89.8 Å². The van der Waals surface area contributed by atoms with Gasteiger partial charge in [0.25, 0.3) is 0 Å². The molecule has 0 aliphatic carbocycles. The van der Waals surface area contributed by atoms with Crippen molar-refractivity contribution in [2.24, 2.45) is 0 Å². The molecule has 0 fully saturated rings. The molecule has 14 heavy (non-hydrogen) atoms. The number of thioether (sulfide) groups is 1. The first-order valence-corrected chi connectivity index (χ1v) is 6.04. The molecule has 0 saturated heterocycles. The number of carbonyl (C=O) groups excluding carboxylic acids is 1. The number of aliphatic hydroxyl groups is 1. The second-order valence-corrected chi connectivity index (χ2v) is 5.50. The molecule has 1 aliphatic heterocycles. The van der Waals surface area contributed by atoms with Crippen LogP contribution in [0.3, 0.4) is 0 Å². The largest absolute Gasteiger partial charge is 0.511 e. The molecule has 1 rings (SSSR count). The maximum absolute atomic E-state index is 11.1. The third kappa shape index (κ3) is 2.77. The number of aliphatic hydroxyl groups excluding tert-OH is 1. The molecule has 1 unspecified atom stereocenters. The molecule has 2 nitrogen and oxygen atoms in total. The lowest BCUT2D eigenvalue weighted by Gasteiger charge is -2.22. The summed E-state index contributed by atoms with van der Waals surface area (Å²) in [4.78, 5) is 11.1. The number of hydrogen-bond acceptors (Lipinski definition) is 3. The van der Waals surface area contributed by atoms with Crippen LogP contribution >= 0.6 is 11.8 Å². The molecule has 0 bridgehead atoms. The predicted molar refractivity (Wildman–Crippen MR) is 60.5 cm³/mol. The summed E-state index contributed by atoms with van der Waals surface area (Å²) in [6.07, 6.45) is 6.97. The second kappa shape index (κ2) is 4.87. The summed E-state index contributed by atoms with van der Waals surface area (Å²) in [5, 5.41) is 9.58. The average molecular weight is 214 g/mol. The van der Waals surface area contributed by atoms with E-state index in [4.69, 9.17) is 0 Å². The van der Waals surface area contributed by atoms with E-state index in [0.29, 0.717) is 0 Å². The highest BCUT2D eigenvalue weighted by atomic mass is 32.2. The summed E-state index contributed by atoms with van der Waals surface area (Å²) in [6, 6.07) is 0. The van der Waals surface area contributed by atoms with Crippen LogP contribution in [0.4, 0.5) is 0 Å². The van der Waals surface area contributed by atoms with Crippen molar-refractivity contribution < 1.29 is 9.90 Å². The van der Waals surface area contributed by atoms with E-state index in [2.05, 4.69) is 6.92 Å². The summed E-state index contributed by atoms with van der Waals surface area (Å²) in [5.74, 6) is 0.254. The Morgan fingerprint density at radius 1 is 1.43 bits per heavy atom. The van der Waals surface area contributed by atoms with Gasteiger partial charge in [-0.1, -0.05) is 44.4 Å². The number of unbranched alkanes of at least 4 members (excludes halogenated alkanes) is 3. The van der Waals surface area contributed by atoms with Crippen molar-refractivity contribution in [3.05, 3.63) is 11.8 Å². The molecule has 1 N–H and O–H groups in total. The molecule has 0 saturated carbocycles. The standard InChI is InChI=1S/C11H18O2S/c1-3-4-5-6-7-11(2)9(12)8-10(13)14-11/h8,12H,3-7H2,1-2H3. The van der Waals surface area contributed by atoms with Crippen molar-refractivity contribution in [2.45, 2.75) is 50.7 Å². The minimum Gasteiger partial charge on any atom is -0.511 e. The van der Waals surface area contributed by atoms with Gasteiger partial charge in [0, 0.05) is 6.08 Å². The Hall–Kier alpha value is -0.440. The molecule has 0 spiro atoms. The fraction of sp³-hybridized carbons (Fsp3) is 0.727. The van der Waals surface area contributed by atoms with Crippen molar-refractivity contribution in [1.82, 2.24) is 0 Å². The van der Waals surface area contributed by atoms with Crippen molar-refractivity contribution in [1.29, 1.82) is 0 Å². The molecular weight excluding hydrogens is 196 g/mol. The third-order valence-corrected chi connectivity index (χ3v) is 3.81. The zero-order chi connectivity index (χ0) is 10.6. The molecule has 0 radical (unpaired) electrons. The van der Waals surface area contributed by atoms with E-state index in [0.717, 1.165) is 12.8 Å². The predicted octanol–water partition coefficient (Wildman–Crippen LogP) is 3.43. The molecule has 0 aromatic rings. The number of rotatable bonds is 5. The highest BCUT2D eigenvalue weighted by molar-refractivity contribution is 8.15. The first-order valence-electron chi connectivity index (χ1n) is 5.22. The summed E-state index contributed by atoms with van der Waals surface area (Å²) in [7, 11) is 0. The molecule has 1 heterocycles. The Morgan fingerprint density at radius 2 is 2.14 bits per heavy atom. The van der Waals surface area contributed by atoms with Crippen LogP contribution in [0.25, 0.3) is 0 Å². The number of hydrogen-bond donors (Lipinski definition) is 1. The number of carbonyl (C=O) groups is 1. The second-order valence-electron chi connectivity index (χ2n) is 3.99. The van der Waals surface area contributed by atoms with Gasteiger partial charge >= 0.3 is 0 Å². The minimum atomic E-state index is -0.342. The maximum Gasteiger partial charge on any atom is 0.216 e. The van der Waals surface area contributed by atoms with E-state index in [1.54, 1.807) is 0 Å². The van der Waals surface area contributed by atoms with E-state index >= 15 is 0 Å². The van der Waals surface area contributed by atoms with Gasteiger partial charge in [-0.15, -0.1) is 0 Å². The van der Waals surface area contributed by atoms with Crippen LogP contribution in [0.2, 0.25) is 0 Å². The Kier molecular flexibility index (Phi) is 4.05.